The van der Waals surface area contributed by atoms with Crippen molar-refractivity contribution in [1.29, 1.82) is 0 Å². The Labute approximate surface area is 81.0 Å². The normalized spacial score (nSPS) is 9.77. The van der Waals surface area contributed by atoms with Crippen LogP contribution in [-0.2, 0) is 6.42 Å². The average Bonchev–Trinajstić information content (AvgIpc) is 2.11. The first-order valence-corrected chi connectivity index (χ1v) is 4.57. The van der Waals surface area contributed by atoms with Gasteiger partial charge in [-0.1, -0.05) is 6.07 Å². The monoisotopic (exact) mass is 172 g/mol. The van der Waals surface area contributed by atoms with Gasteiger partial charge in [0.15, 0.2) is 0 Å². The summed E-state index contributed by atoms with van der Waals surface area (Å²) in [5.74, 6) is 2.70. The van der Waals surface area contributed by atoms with Crippen LogP contribution in [0.15, 0.2) is 6.07 Å². The third-order valence-corrected chi connectivity index (χ3v) is 2.88. The Bertz CT molecular complexity index is 365. The number of rotatable bonds is 1. The zero-order valence-corrected chi connectivity index (χ0v) is 8.86. The zero-order valence-electron chi connectivity index (χ0n) is 8.86. The lowest BCUT2D eigenvalue weighted by atomic mass is 9.93. The van der Waals surface area contributed by atoms with Crippen LogP contribution >= 0.6 is 0 Å². The molecule has 0 atom stereocenters. The van der Waals surface area contributed by atoms with Gasteiger partial charge in [0.25, 0.3) is 0 Å². The largest absolute Gasteiger partial charge is 0.120 e. The van der Waals surface area contributed by atoms with Gasteiger partial charge < -0.3 is 0 Å². The molecule has 1 aromatic rings. The number of aryl methyl sites for hydroxylation is 1. The van der Waals surface area contributed by atoms with Gasteiger partial charge >= 0.3 is 0 Å². The molecule has 0 aromatic heterocycles. The van der Waals surface area contributed by atoms with Crippen molar-refractivity contribution in [1.82, 2.24) is 0 Å². The first-order chi connectivity index (χ1) is 6.07. The van der Waals surface area contributed by atoms with Crippen molar-refractivity contribution in [2.24, 2.45) is 0 Å². The summed E-state index contributed by atoms with van der Waals surface area (Å²) in [5.41, 5.74) is 6.75. The minimum absolute atomic E-state index is 0.744. The number of benzene rings is 1. The van der Waals surface area contributed by atoms with E-state index in [4.69, 9.17) is 6.42 Å². The molecule has 0 bridgehead atoms. The number of hydrogen-bond acceptors (Lipinski definition) is 0. The molecule has 0 saturated heterocycles. The van der Waals surface area contributed by atoms with Crippen molar-refractivity contribution in [3.63, 3.8) is 0 Å². The first-order valence-electron chi connectivity index (χ1n) is 4.57. The summed E-state index contributed by atoms with van der Waals surface area (Å²) in [6, 6.07) is 2.21. The second kappa shape index (κ2) is 3.66. The third kappa shape index (κ3) is 1.75. The lowest BCUT2D eigenvalue weighted by Crippen LogP contribution is -1.96. The average molecular weight is 172 g/mol. The van der Waals surface area contributed by atoms with Crippen molar-refractivity contribution < 1.29 is 0 Å². The summed E-state index contributed by atoms with van der Waals surface area (Å²) in [6.45, 7) is 8.62. The maximum Gasteiger partial charge on any atom is 0.0340 e. The van der Waals surface area contributed by atoms with Crippen LogP contribution in [0.5, 0.6) is 0 Å². The van der Waals surface area contributed by atoms with Crippen molar-refractivity contribution in [3.8, 4) is 12.3 Å². The van der Waals surface area contributed by atoms with Crippen LogP contribution in [0.3, 0.4) is 0 Å². The third-order valence-electron chi connectivity index (χ3n) is 2.88. The van der Waals surface area contributed by atoms with Gasteiger partial charge in [-0.05, 0) is 55.5 Å². The fraction of sp³-hybridized carbons (Fsp3) is 0.385. The Balaban J connectivity index is 3.34. The maximum atomic E-state index is 5.32. The van der Waals surface area contributed by atoms with E-state index in [0.29, 0.717) is 0 Å². The van der Waals surface area contributed by atoms with E-state index in [2.05, 4.69) is 39.7 Å². The molecule has 0 heterocycles. The molecular weight excluding hydrogens is 156 g/mol. The Morgan fingerprint density at radius 3 is 2.23 bits per heavy atom. The predicted octanol–water partition coefficient (Wildman–Crippen LogP) is 3.10. The molecule has 0 N–H and O–H groups in total. The highest BCUT2D eigenvalue weighted by Crippen LogP contribution is 2.21. The molecule has 1 aromatic carbocycles. The lowest BCUT2D eigenvalue weighted by Gasteiger charge is -2.12. The molecule has 0 aliphatic rings. The molecule has 1 rings (SSSR count). The second-order valence-electron chi connectivity index (χ2n) is 3.61. The summed E-state index contributed by atoms with van der Waals surface area (Å²) in [5, 5.41) is 0. The molecule has 0 saturated carbocycles. The van der Waals surface area contributed by atoms with Crippen LogP contribution in [0, 0.1) is 40.0 Å². The van der Waals surface area contributed by atoms with Crippen LogP contribution in [0.25, 0.3) is 0 Å². The molecule has 0 aliphatic heterocycles. The minimum Gasteiger partial charge on any atom is -0.120 e. The van der Waals surface area contributed by atoms with Gasteiger partial charge in [0.2, 0.25) is 0 Å². The molecule has 0 aliphatic carbocycles. The second-order valence-corrected chi connectivity index (χ2v) is 3.61. The van der Waals surface area contributed by atoms with E-state index >= 15 is 0 Å². The van der Waals surface area contributed by atoms with Gasteiger partial charge in [0, 0.05) is 6.42 Å². The molecule has 0 heteroatoms. The molecule has 0 unspecified atom stereocenters. The summed E-state index contributed by atoms with van der Waals surface area (Å²) < 4.78 is 0. The predicted molar refractivity (Wildman–Crippen MR) is 57.9 cm³/mol. The van der Waals surface area contributed by atoms with Gasteiger partial charge in [-0.3, -0.25) is 0 Å². The van der Waals surface area contributed by atoms with Crippen molar-refractivity contribution in [3.05, 3.63) is 33.9 Å². The van der Waals surface area contributed by atoms with Gasteiger partial charge in [-0.15, -0.1) is 12.3 Å². The number of hydrogen-bond donors (Lipinski definition) is 0. The van der Waals surface area contributed by atoms with Crippen molar-refractivity contribution in [2.75, 3.05) is 0 Å². The first kappa shape index (κ1) is 9.86. The highest BCUT2D eigenvalue weighted by atomic mass is 14.1. The zero-order chi connectivity index (χ0) is 10.0. The van der Waals surface area contributed by atoms with Crippen molar-refractivity contribution in [2.45, 2.75) is 34.1 Å². The van der Waals surface area contributed by atoms with Crippen LogP contribution < -0.4 is 0 Å². The Morgan fingerprint density at radius 2 is 1.69 bits per heavy atom. The van der Waals surface area contributed by atoms with Crippen LogP contribution in [0.2, 0.25) is 0 Å². The molecule has 0 radical (unpaired) electrons. The Morgan fingerprint density at radius 1 is 1.08 bits per heavy atom. The maximum absolute atomic E-state index is 5.32. The molecule has 0 fully saturated rings. The van der Waals surface area contributed by atoms with Crippen LogP contribution in [0.1, 0.15) is 27.8 Å². The summed E-state index contributed by atoms with van der Waals surface area (Å²) in [7, 11) is 0. The summed E-state index contributed by atoms with van der Waals surface area (Å²) >= 11 is 0. The van der Waals surface area contributed by atoms with Crippen LogP contribution in [0.4, 0.5) is 0 Å². The van der Waals surface area contributed by atoms with Crippen molar-refractivity contribution >= 4 is 0 Å². The standard InChI is InChI=1S/C13H16/c1-6-7-13-8-9(2)10(3)11(4)12(13)5/h1,8H,7H2,2-5H3. The topological polar surface area (TPSA) is 0 Å². The fourth-order valence-electron chi connectivity index (χ4n) is 1.59. The highest BCUT2D eigenvalue weighted by molar-refractivity contribution is 5.44. The van der Waals surface area contributed by atoms with E-state index in [1.54, 1.807) is 0 Å². The lowest BCUT2D eigenvalue weighted by molar-refractivity contribution is 1.14. The van der Waals surface area contributed by atoms with E-state index in [0.717, 1.165) is 6.42 Å². The van der Waals surface area contributed by atoms with E-state index in [9.17, 15) is 0 Å². The molecule has 0 spiro atoms. The van der Waals surface area contributed by atoms with E-state index in [-0.39, 0.29) is 0 Å². The highest BCUT2D eigenvalue weighted by Gasteiger charge is 2.05. The smallest absolute Gasteiger partial charge is 0.0340 e. The minimum atomic E-state index is 0.744. The van der Waals surface area contributed by atoms with E-state index in [1.165, 1.54) is 27.8 Å². The Kier molecular flexibility index (Phi) is 2.78. The van der Waals surface area contributed by atoms with Gasteiger partial charge in [-0.25, -0.2) is 0 Å². The van der Waals surface area contributed by atoms with Crippen LogP contribution in [-0.4, -0.2) is 0 Å². The Hall–Kier alpha value is -1.22. The molecule has 68 valence electrons. The van der Waals surface area contributed by atoms with E-state index in [1.807, 2.05) is 0 Å². The molecule has 0 nitrogen and oxygen atoms in total. The number of terminal acetylenes is 1. The van der Waals surface area contributed by atoms with Gasteiger partial charge in [-0.2, -0.15) is 0 Å². The van der Waals surface area contributed by atoms with Gasteiger partial charge in [0.1, 0.15) is 0 Å². The summed E-state index contributed by atoms with van der Waals surface area (Å²) in [4.78, 5) is 0. The molecular formula is C13H16. The fourth-order valence-corrected chi connectivity index (χ4v) is 1.59. The van der Waals surface area contributed by atoms with E-state index < -0.39 is 0 Å². The quantitative estimate of drug-likeness (QED) is 0.571. The molecule has 0 amide bonds. The molecule has 13 heavy (non-hydrogen) atoms. The SMILES string of the molecule is C#CCc1cc(C)c(C)c(C)c1C. The summed E-state index contributed by atoms with van der Waals surface area (Å²) in [6.07, 6.45) is 6.06. The van der Waals surface area contributed by atoms with Gasteiger partial charge in [0.05, 0.1) is 0 Å².